The Balaban J connectivity index is 1.92. The lowest BCUT2D eigenvalue weighted by atomic mass is 10.2. The van der Waals surface area contributed by atoms with Crippen molar-refractivity contribution in [3.8, 4) is 0 Å². The second kappa shape index (κ2) is 6.91. The highest BCUT2D eigenvalue weighted by Crippen LogP contribution is 2.30. The van der Waals surface area contributed by atoms with E-state index in [1.165, 1.54) is 0 Å². The number of carbonyl (C=O) groups excluding carboxylic acids is 1. The number of hydrogen-bond donors (Lipinski definition) is 1. The number of hydrogen-bond acceptors (Lipinski definition) is 5. The van der Waals surface area contributed by atoms with Crippen LogP contribution in [0.3, 0.4) is 0 Å². The van der Waals surface area contributed by atoms with Crippen LogP contribution in [0.4, 0.5) is 0 Å². The lowest BCUT2D eigenvalue weighted by molar-refractivity contribution is 0.0952. The van der Waals surface area contributed by atoms with Gasteiger partial charge in [0.2, 0.25) is 0 Å². The van der Waals surface area contributed by atoms with Crippen LogP contribution >= 0.6 is 11.8 Å². The van der Waals surface area contributed by atoms with Crippen molar-refractivity contribution in [1.29, 1.82) is 0 Å². The monoisotopic (exact) mass is 319 g/mol. The number of carbonyl (C=O) groups is 1. The van der Waals surface area contributed by atoms with Crippen LogP contribution in [0.1, 0.15) is 37.0 Å². The first-order chi connectivity index (χ1) is 10.3. The molecule has 0 bridgehead atoms. The first kappa shape index (κ1) is 16.5. The zero-order valence-electron chi connectivity index (χ0n) is 13.3. The molecule has 0 aromatic carbocycles. The van der Waals surface area contributed by atoms with Crippen molar-refractivity contribution in [3.63, 3.8) is 0 Å². The van der Waals surface area contributed by atoms with Crippen molar-refractivity contribution in [3.05, 3.63) is 36.0 Å². The molecule has 0 saturated carbocycles. The largest absolute Gasteiger partial charge is 0.350 e. The third kappa shape index (κ3) is 4.84. The molecule has 1 N–H and O–H groups in total. The molecule has 2 aromatic rings. The summed E-state index contributed by atoms with van der Waals surface area (Å²) in [7, 11) is 0. The van der Waals surface area contributed by atoms with Crippen molar-refractivity contribution >= 4 is 17.7 Å². The van der Waals surface area contributed by atoms with Gasteiger partial charge in [-0.1, -0.05) is 20.8 Å². The zero-order valence-corrected chi connectivity index (χ0v) is 14.1. The van der Waals surface area contributed by atoms with E-state index in [-0.39, 0.29) is 10.7 Å². The summed E-state index contributed by atoms with van der Waals surface area (Å²) in [6.45, 7) is 9.42. The van der Waals surface area contributed by atoms with E-state index in [2.05, 4.69) is 41.3 Å². The minimum Gasteiger partial charge on any atom is -0.350 e. The van der Waals surface area contributed by atoms with Crippen LogP contribution < -0.4 is 5.32 Å². The molecule has 2 aromatic heterocycles. The molecule has 2 heterocycles. The summed E-state index contributed by atoms with van der Waals surface area (Å²) in [6.07, 6.45) is 3.33. The smallest absolute Gasteiger partial charge is 0.251 e. The van der Waals surface area contributed by atoms with Crippen molar-refractivity contribution in [2.24, 2.45) is 0 Å². The number of nitrogens with zero attached hydrogens (tertiary/aromatic N) is 4. The minimum atomic E-state index is -0.0936. The van der Waals surface area contributed by atoms with Crippen LogP contribution in [0, 0.1) is 6.92 Å². The maximum Gasteiger partial charge on any atom is 0.251 e. The average molecular weight is 319 g/mol. The number of pyridine rings is 1. The van der Waals surface area contributed by atoms with Gasteiger partial charge in [0.05, 0.1) is 5.03 Å². The standard InChI is InChI=1S/C15H21N5OS/c1-11-19-18-10-20(11)8-7-17-14(21)12-5-6-16-13(9-12)22-15(2,3)4/h5-6,9-10H,7-8H2,1-4H3,(H,17,21). The summed E-state index contributed by atoms with van der Waals surface area (Å²) in [5.74, 6) is 0.742. The van der Waals surface area contributed by atoms with E-state index in [0.29, 0.717) is 18.7 Å². The molecular formula is C15H21N5OS. The Morgan fingerprint density at radius 3 is 2.82 bits per heavy atom. The fraction of sp³-hybridized carbons (Fsp3) is 0.467. The summed E-state index contributed by atoms with van der Waals surface area (Å²) in [4.78, 5) is 16.5. The van der Waals surface area contributed by atoms with Crippen LogP contribution in [0.15, 0.2) is 29.7 Å². The fourth-order valence-corrected chi connectivity index (χ4v) is 2.77. The van der Waals surface area contributed by atoms with Crippen LogP contribution in [-0.4, -0.2) is 36.9 Å². The number of rotatable bonds is 5. The van der Waals surface area contributed by atoms with E-state index >= 15 is 0 Å². The molecule has 0 saturated heterocycles. The van der Waals surface area contributed by atoms with Crippen LogP contribution in [0.5, 0.6) is 0 Å². The molecule has 0 atom stereocenters. The number of aryl methyl sites for hydroxylation is 1. The van der Waals surface area contributed by atoms with Gasteiger partial charge < -0.3 is 9.88 Å². The van der Waals surface area contributed by atoms with E-state index in [0.717, 1.165) is 10.9 Å². The third-order valence-corrected chi connectivity index (χ3v) is 3.90. The van der Waals surface area contributed by atoms with Gasteiger partial charge in [-0.2, -0.15) is 0 Å². The first-order valence-corrected chi connectivity index (χ1v) is 7.94. The number of nitrogens with one attached hydrogen (secondary N) is 1. The van der Waals surface area contributed by atoms with E-state index in [4.69, 9.17) is 0 Å². The second-order valence-electron chi connectivity index (χ2n) is 5.92. The highest BCUT2D eigenvalue weighted by Gasteiger charge is 2.14. The van der Waals surface area contributed by atoms with Crippen LogP contribution in [0.2, 0.25) is 0 Å². The van der Waals surface area contributed by atoms with Crippen molar-refractivity contribution < 1.29 is 4.79 Å². The molecule has 118 valence electrons. The van der Waals surface area contributed by atoms with Crippen molar-refractivity contribution in [2.45, 2.75) is 44.0 Å². The molecular weight excluding hydrogens is 298 g/mol. The number of aromatic nitrogens is 4. The Hall–Kier alpha value is -1.89. The third-order valence-electron chi connectivity index (χ3n) is 2.86. The molecule has 22 heavy (non-hydrogen) atoms. The first-order valence-electron chi connectivity index (χ1n) is 7.13. The topological polar surface area (TPSA) is 72.7 Å². The highest BCUT2D eigenvalue weighted by molar-refractivity contribution is 8.00. The normalized spacial score (nSPS) is 11.5. The molecule has 0 unspecified atom stereocenters. The molecule has 0 spiro atoms. The predicted molar refractivity (Wildman–Crippen MR) is 86.9 cm³/mol. The number of thioether (sulfide) groups is 1. The molecule has 0 fully saturated rings. The van der Waals surface area contributed by atoms with Gasteiger partial charge in [-0.05, 0) is 19.1 Å². The predicted octanol–water partition coefficient (Wildman–Crippen LogP) is 2.30. The van der Waals surface area contributed by atoms with E-state index in [1.807, 2.05) is 17.6 Å². The van der Waals surface area contributed by atoms with Crippen molar-refractivity contribution in [1.82, 2.24) is 25.1 Å². The summed E-state index contributed by atoms with van der Waals surface area (Å²) >= 11 is 1.64. The van der Waals surface area contributed by atoms with Gasteiger partial charge >= 0.3 is 0 Å². The van der Waals surface area contributed by atoms with E-state index in [1.54, 1.807) is 30.4 Å². The summed E-state index contributed by atoms with van der Waals surface area (Å²) in [5, 5.41) is 11.5. The summed E-state index contributed by atoms with van der Waals surface area (Å²) < 4.78 is 1.96. The molecule has 2 rings (SSSR count). The van der Waals surface area contributed by atoms with Gasteiger partial charge in [-0.15, -0.1) is 22.0 Å². The molecule has 6 nitrogen and oxygen atoms in total. The Labute approximate surface area is 134 Å². The maximum atomic E-state index is 12.2. The van der Waals surface area contributed by atoms with Gasteiger partial charge in [0, 0.05) is 29.6 Å². The van der Waals surface area contributed by atoms with Crippen molar-refractivity contribution in [2.75, 3.05) is 6.54 Å². The Morgan fingerprint density at radius 2 is 2.18 bits per heavy atom. The van der Waals surface area contributed by atoms with E-state index in [9.17, 15) is 4.79 Å². The fourth-order valence-electron chi connectivity index (χ4n) is 1.84. The van der Waals surface area contributed by atoms with Gasteiger partial charge in [0.15, 0.2) is 0 Å². The highest BCUT2D eigenvalue weighted by atomic mass is 32.2. The minimum absolute atomic E-state index is 0.0635. The summed E-state index contributed by atoms with van der Waals surface area (Å²) in [5.41, 5.74) is 0.627. The molecule has 0 radical (unpaired) electrons. The molecule has 1 amide bonds. The summed E-state index contributed by atoms with van der Waals surface area (Å²) in [6, 6.07) is 3.56. The zero-order chi connectivity index (χ0) is 16.2. The molecule has 0 aliphatic heterocycles. The number of amides is 1. The van der Waals surface area contributed by atoms with E-state index < -0.39 is 0 Å². The Morgan fingerprint density at radius 1 is 1.41 bits per heavy atom. The lowest BCUT2D eigenvalue weighted by Gasteiger charge is -2.16. The SMILES string of the molecule is Cc1nncn1CCNC(=O)c1ccnc(SC(C)(C)C)c1. The quantitative estimate of drug-likeness (QED) is 0.856. The van der Waals surface area contributed by atoms with Crippen LogP contribution in [-0.2, 0) is 6.54 Å². The van der Waals surface area contributed by atoms with Gasteiger partial charge in [0.1, 0.15) is 12.2 Å². The van der Waals surface area contributed by atoms with Gasteiger partial charge in [-0.3, -0.25) is 4.79 Å². The van der Waals surface area contributed by atoms with Crippen LogP contribution in [0.25, 0.3) is 0 Å². The average Bonchev–Trinajstić information content (AvgIpc) is 2.83. The molecule has 0 aliphatic carbocycles. The van der Waals surface area contributed by atoms with Gasteiger partial charge in [-0.25, -0.2) is 4.98 Å². The van der Waals surface area contributed by atoms with Gasteiger partial charge in [0.25, 0.3) is 5.91 Å². The lowest BCUT2D eigenvalue weighted by Crippen LogP contribution is -2.27. The Kier molecular flexibility index (Phi) is 5.18. The molecule has 0 aliphatic rings. The maximum absolute atomic E-state index is 12.2. The Bertz CT molecular complexity index is 647. The second-order valence-corrected chi connectivity index (χ2v) is 7.77. The molecule has 7 heteroatoms.